The number of aromatic carboxylic acids is 1. The average Bonchev–Trinajstić information content (AvgIpc) is 2.95. The number of carbonyl (C=O) groups is 4. The summed E-state index contributed by atoms with van der Waals surface area (Å²) in [6.45, 7) is 20.9. The van der Waals surface area contributed by atoms with Gasteiger partial charge in [0.25, 0.3) is 0 Å². The van der Waals surface area contributed by atoms with E-state index in [0.29, 0.717) is 55.3 Å². The lowest BCUT2D eigenvalue weighted by molar-refractivity contribution is -0.320. The van der Waals surface area contributed by atoms with Gasteiger partial charge in [0.05, 0.1) is 84.2 Å². The Morgan fingerprint density at radius 3 is 2.26 bits per heavy atom. The maximum atomic E-state index is 14.8. The van der Waals surface area contributed by atoms with Gasteiger partial charge in [0, 0.05) is 81.8 Å². The molecule has 5 heterocycles. The van der Waals surface area contributed by atoms with Crippen LogP contribution in [0.15, 0.2) is 23.1 Å². The van der Waals surface area contributed by atoms with Crippen LogP contribution in [0.4, 0.5) is 10.5 Å². The predicted octanol–water partition coefficient (Wildman–Crippen LogP) is 6.15. The average molecular weight is 1250 g/mol. The van der Waals surface area contributed by atoms with Crippen molar-refractivity contribution >= 4 is 52.2 Å². The van der Waals surface area contributed by atoms with Crippen molar-refractivity contribution in [1.82, 2.24) is 19.7 Å². The van der Waals surface area contributed by atoms with Crippen molar-refractivity contribution in [1.29, 1.82) is 0 Å². The topological polar surface area (TPSA) is 283 Å². The molecule has 1 saturated carbocycles. The molecule has 4 aliphatic heterocycles. The number of hydrogen-bond acceptors (Lipinski definition) is 21. The Morgan fingerprint density at radius 1 is 0.908 bits per heavy atom. The number of carboxylic acids is 1. The van der Waals surface area contributed by atoms with Crippen LogP contribution < -0.4 is 16.1 Å². The van der Waals surface area contributed by atoms with Crippen LogP contribution in [0, 0.1) is 17.8 Å². The van der Waals surface area contributed by atoms with Gasteiger partial charge in [-0.2, -0.15) is 0 Å². The monoisotopic (exact) mass is 1250 g/mol. The molecule has 492 valence electrons. The highest BCUT2D eigenvalue weighted by Crippen LogP contribution is 2.43. The third-order valence-corrected chi connectivity index (χ3v) is 18.6. The Bertz CT molecular complexity index is 2720. The molecule has 87 heavy (non-hydrogen) atoms. The smallest absolute Gasteiger partial charge is 0.477 e. The summed E-state index contributed by atoms with van der Waals surface area (Å²) < 4.78 is 70.8. The van der Waals surface area contributed by atoms with E-state index in [-0.39, 0.29) is 93.1 Å². The largest absolute Gasteiger partial charge is 0.509 e. The summed E-state index contributed by atoms with van der Waals surface area (Å²) in [7, 11) is 7.27. The number of amides is 1. The number of carboxylic acid groups (broad SMARTS) is 1. The number of pyridine rings is 1. The quantitative estimate of drug-likeness (QED) is 0.0582. The number of aliphatic hydroxyl groups is 2. The molecule has 0 radical (unpaired) electrons. The van der Waals surface area contributed by atoms with E-state index in [4.69, 9.17) is 63.7 Å². The molecule has 1 aromatic heterocycles. The fourth-order valence-corrected chi connectivity index (χ4v) is 13.5. The molecule has 24 nitrogen and oxygen atoms in total. The van der Waals surface area contributed by atoms with Crippen LogP contribution in [0.25, 0.3) is 10.9 Å². The molecule has 1 amide bonds. The van der Waals surface area contributed by atoms with Crippen molar-refractivity contribution in [2.24, 2.45) is 17.8 Å². The SMILES string of the molecule is CC[C@H]1OC(=O)[C@H](C)[C@@H](O[C@H]2C[C@@](C)(OC)[C@@H](OCCCNC(=O)CCOCCOCCNc3cc4c(=O)c(C(=O)O)cn(C5CC5)c4cc3Cl)[C@H](C)O2)[C@H](C)[C@@H](O[C@@H]2O[C@H](C)C[C@H](N(C)C)[C@H]2O)[C@](C)(O)C[C@@H](C)CN(C)[C@H](C)[C@@H]2OC(=O)O[C@]12C. The number of methoxy groups -OCH3 is 1. The highest BCUT2D eigenvalue weighted by molar-refractivity contribution is 6.34. The number of likely N-dealkylation sites (N-methyl/N-ethyl adjacent to an activating group) is 2. The first-order chi connectivity index (χ1) is 41.0. The molecule has 5 fully saturated rings. The van der Waals surface area contributed by atoms with Crippen LogP contribution in [0.2, 0.25) is 5.02 Å². The van der Waals surface area contributed by atoms with Crippen LogP contribution >= 0.6 is 11.6 Å². The first-order valence-electron chi connectivity index (χ1n) is 31.0. The van der Waals surface area contributed by atoms with Gasteiger partial charge in [-0.15, -0.1) is 0 Å². The van der Waals surface area contributed by atoms with E-state index < -0.39 is 114 Å². The van der Waals surface area contributed by atoms with E-state index in [9.17, 15) is 39.3 Å². The molecular formula is C62H98ClN5O19. The number of ether oxygens (including phenoxy) is 11. The summed E-state index contributed by atoms with van der Waals surface area (Å²) in [5.41, 5.74) is -3.69. The maximum absolute atomic E-state index is 14.8. The molecule has 5 N–H and O–H groups in total. The van der Waals surface area contributed by atoms with Gasteiger partial charge in [-0.3, -0.25) is 19.3 Å². The van der Waals surface area contributed by atoms with Gasteiger partial charge >= 0.3 is 18.1 Å². The number of aromatic nitrogens is 1. The van der Waals surface area contributed by atoms with Crippen LogP contribution in [-0.2, 0) is 61.7 Å². The van der Waals surface area contributed by atoms with Gasteiger partial charge in [-0.05, 0) is 126 Å². The van der Waals surface area contributed by atoms with E-state index in [0.717, 1.165) is 12.8 Å². The molecule has 0 bridgehead atoms. The van der Waals surface area contributed by atoms with E-state index in [1.807, 2.05) is 84.0 Å². The third kappa shape index (κ3) is 17.0. The number of hydrogen-bond donors (Lipinski definition) is 5. The summed E-state index contributed by atoms with van der Waals surface area (Å²) in [6.07, 6.45) is -4.40. The second-order valence-corrected chi connectivity index (χ2v) is 26.1. The zero-order valence-electron chi connectivity index (χ0n) is 53.4. The molecule has 1 aliphatic carbocycles. The van der Waals surface area contributed by atoms with Crippen molar-refractivity contribution in [2.45, 2.75) is 217 Å². The van der Waals surface area contributed by atoms with Crippen molar-refractivity contribution < 1.29 is 86.6 Å². The van der Waals surface area contributed by atoms with Gasteiger partial charge in [-0.1, -0.05) is 32.4 Å². The molecule has 7 rings (SSSR count). The standard InChI is InChI=1S/C62H98ClN5O19/c1-15-47-62(10)54(86-59(75)87-62)38(6)67(13)32-34(2)30-60(8,76)53(85-58-51(71)46(66(11)12)27-35(3)81-58)36(4)52(37(5)57(74)83-47)84-49-31-61(9,77-14)55(39(7)82-49)80-22-16-20-65-48(69)19-23-78-25-26-79-24-21-64-44-28-41-45(29-43(44)63)68(40-17-18-40)33-42(50(41)70)56(72)73/h28-29,33-40,46-47,49,51-55,58,64,71,76H,15-27,30-32H2,1-14H3,(H,65,69)(H,72,73)/t34-,35-,36+,37-,38-,39+,46+,47-,49+,51-,52+,53-,54+,55+,58+,60-,61-,62-/m1/s1. The van der Waals surface area contributed by atoms with Crippen molar-refractivity contribution in [2.75, 3.05) is 86.2 Å². The van der Waals surface area contributed by atoms with Crippen LogP contribution in [-0.4, -0.2) is 225 Å². The second kappa shape index (κ2) is 30.2. The molecule has 18 atom stereocenters. The fraction of sp³-hybridized carbons (Fsp3) is 0.790. The van der Waals surface area contributed by atoms with Gasteiger partial charge in [0.15, 0.2) is 24.3 Å². The van der Waals surface area contributed by atoms with E-state index in [1.165, 1.54) is 6.20 Å². The molecule has 4 saturated heterocycles. The highest BCUT2D eigenvalue weighted by Gasteiger charge is 2.58. The van der Waals surface area contributed by atoms with Crippen LogP contribution in [0.1, 0.15) is 137 Å². The lowest BCUT2D eigenvalue weighted by Gasteiger charge is -2.49. The Kier molecular flexibility index (Phi) is 24.4. The first kappa shape index (κ1) is 70.2. The molecule has 2 aromatic rings. The summed E-state index contributed by atoms with van der Waals surface area (Å²) in [6, 6.07) is 2.71. The normalized spacial score (nSPS) is 35.6. The van der Waals surface area contributed by atoms with E-state index >= 15 is 0 Å². The van der Waals surface area contributed by atoms with Gasteiger partial charge in [-0.25, -0.2) is 9.59 Å². The number of cyclic esters (lactones) is 1. The number of nitrogens with one attached hydrogen (secondary N) is 2. The summed E-state index contributed by atoms with van der Waals surface area (Å²) in [5.74, 6) is -4.12. The van der Waals surface area contributed by atoms with E-state index in [1.54, 1.807) is 40.0 Å². The zero-order chi connectivity index (χ0) is 63.9. The summed E-state index contributed by atoms with van der Waals surface area (Å²) in [4.78, 5) is 69.3. The van der Waals surface area contributed by atoms with Gasteiger partial charge in [0.1, 0.15) is 23.9 Å². The number of anilines is 1. The molecular weight excluding hydrogens is 1150 g/mol. The number of carbonyl (C=O) groups excluding carboxylic acids is 3. The lowest BCUT2D eigenvalue weighted by atomic mass is 9.77. The number of fused-ring (bicyclic) bond motifs is 2. The van der Waals surface area contributed by atoms with Crippen LogP contribution in [0.5, 0.6) is 0 Å². The zero-order valence-corrected chi connectivity index (χ0v) is 54.1. The van der Waals surface area contributed by atoms with Crippen molar-refractivity contribution in [3.05, 3.63) is 39.1 Å². The molecule has 0 spiro atoms. The van der Waals surface area contributed by atoms with Gasteiger partial charge in [0.2, 0.25) is 11.3 Å². The minimum absolute atomic E-state index is 0.137. The summed E-state index contributed by atoms with van der Waals surface area (Å²) in [5, 5.41) is 41.1. The minimum Gasteiger partial charge on any atom is -0.477 e. The van der Waals surface area contributed by atoms with Crippen molar-refractivity contribution in [3.8, 4) is 0 Å². The number of aliphatic hydroxyl groups excluding tert-OH is 1. The minimum atomic E-state index is -1.61. The Balaban J connectivity index is 0.928. The summed E-state index contributed by atoms with van der Waals surface area (Å²) >= 11 is 6.57. The lowest BCUT2D eigenvalue weighted by Crippen LogP contribution is -2.61. The molecule has 25 heteroatoms. The van der Waals surface area contributed by atoms with E-state index in [2.05, 4.69) is 10.6 Å². The Morgan fingerprint density at radius 2 is 1.61 bits per heavy atom. The maximum Gasteiger partial charge on any atom is 0.509 e. The number of esters is 1. The Labute approximate surface area is 516 Å². The molecule has 1 aromatic carbocycles. The van der Waals surface area contributed by atoms with Crippen LogP contribution in [0.3, 0.4) is 0 Å². The molecule has 5 aliphatic rings. The van der Waals surface area contributed by atoms with Crippen molar-refractivity contribution in [3.63, 3.8) is 0 Å². The molecule has 0 unspecified atom stereocenters. The first-order valence-corrected chi connectivity index (χ1v) is 31.3. The fourth-order valence-electron chi connectivity index (χ4n) is 13.3. The number of rotatable bonds is 24. The number of halogens is 1. The Hall–Kier alpha value is -4.28. The highest BCUT2D eigenvalue weighted by atomic mass is 35.5. The number of benzene rings is 1. The van der Waals surface area contributed by atoms with Gasteiger partial charge < -0.3 is 87.5 Å². The number of nitrogens with zero attached hydrogens (tertiary/aromatic N) is 3. The predicted molar refractivity (Wildman–Crippen MR) is 322 cm³/mol. The second-order valence-electron chi connectivity index (χ2n) is 25.7. The third-order valence-electron chi connectivity index (χ3n) is 18.3.